The number of aryl methyl sites for hydroxylation is 1. The molecular formula is C19H24N2. The highest BCUT2D eigenvalue weighted by Gasteiger charge is 2.13. The van der Waals surface area contributed by atoms with Crippen molar-refractivity contribution in [1.82, 2.24) is 10.2 Å². The molecule has 0 bridgehead atoms. The molecule has 0 amide bonds. The number of rotatable bonds is 4. The molecule has 0 radical (unpaired) electrons. The maximum Gasteiger partial charge on any atom is 0.0237 e. The van der Waals surface area contributed by atoms with Crippen LogP contribution in [0.3, 0.4) is 0 Å². The van der Waals surface area contributed by atoms with Gasteiger partial charge in [-0.25, -0.2) is 0 Å². The van der Waals surface area contributed by atoms with Crippen LogP contribution in [0, 0.1) is 6.92 Å². The van der Waals surface area contributed by atoms with Crippen LogP contribution in [0.1, 0.15) is 27.8 Å². The van der Waals surface area contributed by atoms with E-state index in [-0.39, 0.29) is 0 Å². The van der Waals surface area contributed by atoms with Crippen LogP contribution in [0.2, 0.25) is 0 Å². The fourth-order valence-electron chi connectivity index (χ4n) is 3.18. The van der Waals surface area contributed by atoms with Crippen molar-refractivity contribution >= 4 is 0 Å². The third kappa shape index (κ3) is 3.34. The minimum absolute atomic E-state index is 1.01. The molecular weight excluding hydrogens is 256 g/mol. The monoisotopic (exact) mass is 280 g/mol. The predicted molar refractivity (Wildman–Crippen MR) is 88.2 cm³/mol. The summed E-state index contributed by atoms with van der Waals surface area (Å²) >= 11 is 0. The van der Waals surface area contributed by atoms with Crippen LogP contribution in [-0.4, -0.2) is 18.5 Å². The lowest BCUT2D eigenvalue weighted by atomic mass is 9.95. The molecule has 0 unspecified atom stereocenters. The average molecular weight is 280 g/mol. The van der Waals surface area contributed by atoms with Crippen molar-refractivity contribution in [2.75, 3.05) is 13.6 Å². The Balaban J connectivity index is 1.73. The first-order chi connectivity index (χ1) is 10.2. The number of hydrogen-bond acceptors (Lipinski definition) is 2. The highest BCUT2D eigenvalue weighted by atomic mass is 15.1. The van der Waals surface area contributed by atoms with Crippen molar-refractivity contribution in [3.05, 3.63) is 70.3 Å². The molecule has 3 rings (SSSR count). The van der Waals surface area contributed by atoms with Crippen molar-refractivity contribution in [3.63, 3.8) is 0 Å². The summed E-state index contributed by atoms with van der Waals surface area (Å²) in [5, 5.41) is 3.46. The predicted octanol–water partition coefficient (Wildman–Crippen LogP) is 3.27. The van der Waals surface area contributed by atoms with Crippen molar-refractivity contribution in [2.24, 2.45) is 0 Å². The molecule has 0 atom stereocenters. The van der Waals surface area contributed by atoms with Crippen LogP contribution in [-0.2, 0) is 26.1 Å². The van der Waals surface area contributed by atoms with E-state index in [1.165, 1.54) is 22.3 Å². The number of hydrogen-bond donors (Lipinski definition) is 1. The van der Waals surface area contributed by atoms with Gasteiger partial charge in [0, 0.05) is 19.6 Å². The lowest BCUT2D eigenvalue weighted by molar-refractivity contribution is 0.317. The molecule has 0 saturated heterocycles. The molecule has 1 aliphatic rings. The maximum absolute atomic E-state index is 3.46. The summed E-state index contributed by atoms with van der Waals surface area (Å²) < 4.78 is 0. The Morgan fingerprint density at radius 3 is 2.62 bits per heavy atom. The van der Waals surface area contributed by atoms with Gasteiger partial charge in [0.1, 0.15) is 0 Å². The Hall–Kier alpha value is -1.64. The number of fused-ring (bicyclic) bond motifs is 1. The van der Waals surface area contributed by atoms with E-state index in [1.807, 2.05) is 0 Å². The van der Waals surface area contributed by atoms with E-state index in [4.69, 9.17) is 0 Å². The van der Waals surface area contributed by atoms with Gasteiger partial charge in [-0.3, -0.25) is 4.90 Å². The van der Waals surface area contributed by atoms with E-state index in [9.17, 15) is 0 Å². The number of nitrogens with zero attached hydrogens (tertiary/aromatic N) is 1. The quantitative estimate of drug-likeness (QED) is 0.924. The molecule has 2 aromatic carbocycles. The largest absolute Gasteiger partial charge is 0.312 e. The van der Waals surface area contributed by atoms with Gasteiger partial charge in [-0.05, 0) is 54.8 Å². The summed E-state index contributed by atoms with van der Waals surface area (Å²) in [6.45, 7) is 6.35. The van der Waals surface area contributed by atoms with Crippen LogP contribution >= 0.6 is 0 Å². The molecule has 2 nitrogen and oxygen atoms in total. The molecule has 110 valence electrons. The first-order valence-corrected chi connectivity index (χ1v) is 7.77. The third-order valence-electron chi connectivity index (χ3n) is 4.38. The zero-order chi connectivity index (χ0) is 14.7. The second-order valence-corrected chi connectivity index (χ2v) is 6.08. The minimum Gasteiger partial charge on any atom is -0.312 e. The summed E-state index contributed by atoms with van der Waals surface area (Å²) in [5.41, 5.74) is 7.33. The average Bonchev–Trinajstić information content (AvgIpc) is 2.50. The van der Waals surface area contributed by atoms with Gasteiger partial charge >= 0.3 is 0 Å². The maximum atomic E-state index is 3.46. The van der Waals surface area contributed by atoms with Crippen molar-refractivity contribution in [2.45, 2.75) is 33.0 Å². The van der Waals surface area contributed by atoms with Crippen LogP contribution in [0.5, 0.6) is 0 Å². The lowest BCUT2D eigenvalue weighted by Gasteiger charge is -2.24. The number of benzene rings is 2. The molecule has 0 saturated carbocycles. The normalized spacial score (nSPS) is 14.2. The van der Waals surface area contributed by atoms with E-state index in [1.54, 1.807) is 5.56 Å². The SMILES string of the molecule is Cc1ccccc1CN(C)Cc1cccc2c1CCNC2. The molecule has 2 aromatic rings. The van der Waals surface area contributed by atoms with Gasteiger partial charge < -0.3 is 5.32 Å². The Kier molecular flexibility index (Phi) is 4.37. The van der Waals surface area contributed by atoms with Crippen LogP contribution in [0.4, 0.5) is 0 Å². The number of nitrogens with one attached hydrogen (secondary N) is 1. The Labute approximate surface area is 127 Å². The third-order valence-corrected chi connectivity index (χ3v) is 4.38. The minimum atomic E-state index is 1.01. The zero-order valence-electron chi connectivity index (χ0n) is 13.0. The molecule has 0 fully saturated rings. The van der Waals surface area contributed by atoms with Gasteiger partial charge in [0.05, 0.1) is 0 Å². The lowest BCUT2D eigenvalue weighted by Crippen LogP contribution is -2.26. The van der Waals surface area contributed by atoms with E-state index >= 15 is 0 Å². The molecule has 1 aliphatic heterocycles. The van der Waals surface area contributed by atoms with E-state index in [2.05, 4.69) is 66.7 Å². The molecule has 1 heterocycles. The Bertz CT molecular complexity index is 619. The summed E-state index contributed by atoms with van der Waals surface area (Å²) in [7, 11) is 2.22. The van der Waals surface area contributed by atoms with Gasteiger partial charge in [0.2, 0.25) is 0 Å². The van der Waals surface area contributed by atoms with Gasteiger partial charge in [0.25, 0.3) is 0 Å². The highest BCUT2D eigenvalue weighted by Crippen LogP contribution is 2.20. The van der Waals surface area contributed by atoms with Gasteiger partial charge in [-0.2, -0.15) is 0 Å². The molecule has 21 heavy (non-hydrogen) atoms. The topological polar surface area (TPSA) is 15.3 Å². The van der Waals surface area contributed by atoms with E-state index in [0.29, 0.717) is 0 Å². The van der Waals surface area contributed by atoms with Crippen molar-refractivity contribution in [1.29, 1.82) is 0 Å². The standard InChI is InChI=1S/C19H24N2/c1-15-6-3-4-7-17(15)13-21(2)14-18-9-5-8-16-12-20-11-10-19(16)18/h3-9,20H,10-14H2,1-2H3. The van der Waals surface area contributed by atoms with Crippen LogP contribution in [0.25, 0.3) is 0 Å². The van der Waals surface area contributed by atoms with Crippen LogP contribution < -0.4 is 5.32 Å². The fraction of sp³-hybridized carbons (Fsp3) is 0.368. The van der Waals surface area contributed by atoms with Gasteiger partial charge in [0.15, 0.2) is 0 Å². The Morgan fingerprint density at radius 1 is 1.00 bits per heavy atom. The summed E-state index contributed by atoms with van der Waals surface area (Å²) in [5.74, 6) is 0. The molecule has 0 aromatic heterocycles. The van der Waals surface area contributed by atoms with Crippen molar-refractivity contribution < 1.29 is 0 Å². The molecule has 2 heteroatoms. The fourth-order valence-corrected chi connectivity index (χ4v) is 3.18. The smallest absolute Gasteiger partial charge is 0.0237 e. The van der Waals surface area contributed by atoms with E-state index in [0.717, 1.165) is 32.6 Å². The second kappa shape index (κ2) is 6.42. The first kappa shape index (κ1) is 14.3. The van der Waals surface area contributed by atoms with Crippen LogP contribution in [0.15, 0.2) is 42.5 Å². The highest BCUT2D eigenvalue weighted by molar-refractivity contribution is 5.37. The Morgan fingerprint density at radius 2 is 1.76 bits per heavy atom. The first-order valence-electron chi connectivity index (χ1n) is 7.77. The van der Waals surface area contributed by atoms with E-state index < -0.39 is 0 Å². The summed E-state index contributed by atoms with van der Waals surface area (Å²) in [4.78, 5) is 2.42. The molecule has 0 aliphatic carbocycles. The molecule has 1 N–H and O–H groups in total. The van der Waals surface area contributed by atoms with Crippen molar-refractivity contribution in [3.8, 4) is 0 Å². The second-order valence-electron chi connectivity index (χ2n) is 6.08. The zero-order valence-corrected chi connectivity index (χ0v) is 13.0. The van der Waals surface area contributed by atoms with Gasteiger partial charge in [-0.15, -0.1) is 0 Å². The molecule has 0 spiro atoms. The summed E-state index contributed by atoms with van der Waals surface area (Å²) in [6, 6.07) is 15.4. The van der Waals surface area contributed by atoms with Gasteiger partial charge in [-0.1, -0.05) is 42.5 Å². The summed E-state index contributed by atoms with van der Waals surface area (Å²) in [6.07, 6.45) is 1.16.